The van der Waals surface area contributed by atoms with Crippen LogP contribution in [-0.2, 0) is 4.79 Å². The van der Waals surface area contributed by atoms with Crippen molar-refractivity contribution in [1.82, 2.24) is 0 Å². The van der Waals surface area contributed by atoms with Crippen LogP contribution in [0.4, 0.5) is 0 Å². The van der Waals surface area contributed by atoms with Crippen LogP contribution in [0.3, 0.4) is 0 Å². The van der Waals surface area contributed by atoms with E-state index in [4.69, 9.17) is 0 Å². The average molecular weight is 367 g/mol. The molecule has 0 radical (unpaired) electrons. The molecule has 0 aliphatic rings. The van der Waals surface area contributed by atoms with E-state index < -0.39 is 7.26 Å². The average Bonchev–Trinajstić information content (AvgIpc) is 2.71. The SMILES string of the molecule is CCCC/C=C\C[P+](CCCCC=O)(c1ccccc1)c1ccccc1. The van der Waals surface area contributed by atoms with Gasteiger partial charge in [-0.15, -0.1) is 0 Å². The lowest BCUT2D eigenvalue weighted by Gasteiger charge is -2.26. The third-order valence-corrected chi connectivity index (χ3v) is 9.41. The van der Waals surface area contributed by atoms with Crippen molar-refractivity contribution in [3.63, 3.8) is 0 Å². The summed E-state index contributed by atoms with van der Waals surface area (Å²) in [6.07, 6.45) is 14.6. The van der Waals surface area contributed by atoms with E-state index >= 15 is 0 Å². The van der Waals surface area contributed by atoms with Crippen molar-refractivity contribution in [3.05, 3.63) is 72.8 Å². The van der Waals surface area contributed by atoms with Crippen LogP contribution in [0.5, 0.6) is 0 Å². The van der Waals surface area contributed by atoms with Crippen molar-refractivity contribution in [2.24, 2.45) is 0 Å². The minimum absolute atomic E-state index is 0.677. The third-order valence-electron chi connectivity index (χ3n) is 4.92. The van der Waals surface area contributed by atoms with Gasteiger partial charge in [0, 0.05) is 6.42 Å². The zero-order valence-corrected chi connectivity index (χ0v) is 16.9. The third kappa shape index (κ3) is 5.92. The number of aldehydes is 1. The second kappa shape index (κ2) is 11.8. The van der Waals surface area contributed by atoms with E-state index in [1.54, 1.807) is 0 Å². The summed E-state index contributed by atoms with van der Waals surface area (Å²) in [5.74, 6) is 0. The molecule has 2 heteroatoms. The van der Waals surface area contributed by atoms with Gasteiger partial charge in [0.1, 0.15) is 6.29 Å². The summed E-state index contributed by atoms with van der Waals surface area (Å²) in [7, 11) is -1.49. The lowest BCUT2D eigenvalue weighted by molar-refractivity contribution is -0.107. The van der Waals surface area contributed by atoms with Crippen LogP contribution in [0, 0.1) is 0 Å². The Kier molecular flexibility index (Phi) is 9.35. The molecule has 2 aromatic rings. The number of rotatable bonds is 12. The molecule has 0 aromatic heterocycles. The standard InChI is InChI=1S/C24H32OP/c1-2-3-4-5-14-21-26(22-15-8-13-20-25,23-16-9-6-10-17-23)24-18-11-7-12-19-24/h5-7,9-12,14,16-20H,2-4,8,13,15,21-22H2,1H3/q+1/b14-5-. The molecule has 0 heterocycles. The molecule has 0 atom stereocenters. The van der Waals surface area contributed by atoms with Gasteiger partial charge < -0.3 is 4.79 Å². The van der Waals surface area contributed by atoms with E-state index in [1.807, 2.05) is 0 Å². The van der Waals surface area contributed by atoms with Crippen LogP contribution >= 0.6 is 7.26 Å². The molecule has 2 aromatic carbocycles. The quantitative estimate of drug-likeness (QED) is 0.201. The first-order chi connectivity index (χ1) is 12.8. The van der Waals surface area contributed by atoms with Crippen molar-refractivity contribution in [2.45, 2.75) is 45.4 Å². The van der Waals surface area contributed by atoms with Gasteiger partial charge in [0.25, 0.3) is 0 Å². The molecule has 138 valence electrons. The maximum atomic E-state index is 10.7. The van der Waals surface area contributed by atoms with E-state index in [2.05, 4.69) is 79.7 Å². The zero-order chi connectivity index (χ0) is 18.5. The zero-order valence-electron chi connectivity index (χ0n) is 16.0. The van der Waals surface area contributed by atoms with E-state index in [0.29, 0.717) is 6.42 Å². The Balaban J connectivity index is 2.34. The van der Waals surface area contributed by atoms with Gasteiger partial charge >= 0.3 is 0 Å². The summed E-state index contributed by atoms with van der Waals surface area (Å²) in [5.41, 5.74) is 0. The molecule has 26 heavy (non-hydrogen) atoms. The normalized spacial score (nSPS) is 11.7. The number of carbonyl (C=O) groups is 1. The Hall–Kier alpha value is -1.72. The molecule has 0 bridgehead atoms. The molecule has 0 spiro atoms. The lowest BCUT2D eigenvalue weighted by Crippen LogP contribution is -2.27. The number of carbonyl (C=O) groups excluding carboxylic acids is 1. The highest BCUT2D eigenvalue weighted by Gasteiger charge is 2.40. The molecule has 2 rings (SSSR count). The second-order valence-corrected chi connectivity index (χ2v) is 10.6. The van der Waals surface area contributed by atoms with Gasteiger partial charge in [0.2, 0.25) is 0 Å². The molecule has 0 aliphatic heterocycles. The van der Waals surface area contributed by atoms with Crippen LogP contribution in [0.25, 0.3) is 0 Å². The van der Waals surface area contributed by atoms with Crippen molar-refractivity contribution >= 4 is 24.2 Å². The van der Waals surface area contributed by atoms with Crippen LogP contribution in [0.15, 0.2) is 72.8 Å². The van der Waals surface area contributed by atoms with Crippen LogP contribution < -0.4 is 10.6 Å². The van der Waals surface area contributed by atoms with Gasteiger partial charge in [-0.05, 0) is 43.5 Å². The Bertz CT molecular complexity index is 609. The van der Waals surface area contributed by atoms with Gasteiger partial charge in [-0.2, -0.15) is 0 Å². The Morgan fingerprint density at radius 2 is 1.38 bits per heavy atom. The van der Waals surface area contributed by atoms with Gasteiger partial charge in [-0.3, -0.25) is 0 Å². The predicted octanol–water partition coefficient (Wildman–Crippen LogP) is 5.77. The highest BCUT2D eigenvalue weighted by Crippen LogP contribution is 2.57. The highest BCUT2D eigenvalue weighted by atomic mass is 31.2. The molecule has 0 saturated heterocycles. The lowest BCUT2D eigenvalue weighted by atomic mass is 10.2. The summed E-state index contributed by atoms with van der Waals surface area (Å²) in [5, 5.41) is 2.97. The molecule has 0 aliphatic carbocycles. The van der Waals surface area contributed by atoms with Crippen molar-refractivity contribution < 1.29 is 4.79 Å². The van der Waals surface area contributed by atoms with Crippen molar-refractivity contribution in [1.29, 1.82) is 0 Å². The first-order valence-corrected chi connectivity index (χ1v) is 12.1. The van der Waals surface area contributed by atoms with Gasteiger partial charge in [-0.1, -0.05) is 68.3 Å². The minimum atomic E-state index is -1.49. The van der Waals surface area contributed by atoms with Crippen LogP contribution in [0.1, 0.15) is 45.4 Å². The van der Waals surface area contributed by atoms with Crippen LogP contribution in [-0.4, -0.2) is 18.6 Å². The number of unbranched alkanes of at least 4 members (excludes halogenated alkanes) is 4. The van der Waals surface area contributed by atoms with Gasteiger partial charge in [-0.25, -0.2) is 0 Å². The topological polar surface area (TPSA) is 17.1 Å². The first kappa shape index (κ1) is 20.6. The molecule has 0 N–H and O–H groups in total. The molecular formula is C24H32OP+. The fourth-order valence-electron chi connectivity index (χ4n) is 3.44. The summed E-state index contributed by atoms with van der Waals surface area (Å²) in [6, 6.07) is 22.1. The van der Waals surface area contributed by atoms with E-state index in [0.717, 1.165) is 25.3 Å². The number of benzene rings is 2. The fraction of sp³-hybridized carbons (Fsp3) is 0.375. The Morgan fingerprint density at radius 1 is 0.769 bits per heavy atom. The van der Waals surface area contributed by atoms with E-state index in [-0.39, 0.29) is 0 Å². The summed E-state index contributed by atoms with van der Waals surface area (Å²) < 4.78 is 0. The number of allylic oxidation sites excluding steroid dienone is 2. The maximum absolute atomic E-state index is 10.7. The second-order valence-electron chi connectivity index (χ2n) is 6.82. The van der Waals surface area contributed by atoms with E-state index in [1.165, 1.54) is 36.0 Å². The smallest absolute Gasteiger partial charge is 0.119 e. The summed E-state index contributed by atoms with van der Waals surface area (Å²) in [4.78, 5) is 10.7. The summed E-state index contributed by atoms with van der Waals surface area (Å²) >= 11 is 0. The van der Waals surface area contributed by atoms with Crippen molar-refractivity contribution in [2.75, 3.05) is 12.3 Å². The molecule has 1 nitrogen and oxygen atoms in total. The molecular weight excluding hydrogens is 335 g/mol. The summed E-state index contributed by atoms with van der Waals surface area (Å²) in [6.45, 7) is 2.24. The Morgan fingerprint density at radius 3 is 1.92 bits per heavy atom. The van der Waals surface area contributed by atoms with Gasteiger partial charge in [0.05, 0.1) is 30.2 Å². The maximum Gasteiger partial charge on any atom is 0.119 e. The number of hydrogen-bond acceptors (Lipinski definition) is 1. The Labute approximate surface area is 159 Å². The molecule has 0 saturated carbocycles. The molecule has 0 unspecified atom stereocenters. The fourth-order valence-corrected chi connectivity index (χ4v) is 7.62. The van der Waals surface area contributed by atoms with E-state index in [9.17, 15) is 4.79 Å². The van der Waals surface area contributed by atoms with Gasteiger partial charge in [0.15, 0.2) is 0 Å². The molecule has 0 amide bonds. The first-order valence-electron chi connectivity index (χ1n) is 9.90. The predicted molar refractivity (Wildman–Crippen MR) is 117 cm³/mol. The highest BCUT2D eigenvalue weighted by molar-refractivity contribution is 7.89. The molecule has 0 fully saturated rings. The largest absolute Gasteiger partial charge is 0.303 e. The minimum Gasteiger partial charge on any atom is -0.303 e. The van der Waals surface area contributed by atoms with Crippen molar-refractivity contribution in [3.8, 4) is 0 Å². The van der Waals surface area contributed by atoms with Crippen LogP contribution in [0.2, 0.25) is 0 Å². The number of hydrogen-bond donors (Lipinski definition) is 0. The monoisotopic (exact) mass is 367 g/mol.